The van der Waals surface area contributed by atoms with E-state index in [-0.39, 0.29) is 0 Å². The Morgan fingerprint density at radius 1 is 1.23 bits per heavy atom. The summed E-state index contributed by atoms with van der Waals surface area (Å²) in [7, 11) is 0. The second kappa shape index (κ2) is 6.80. The lowest BCUT2D eigenvalue weighted by Gasteiger charge is -2.33. The molecule has 3 heterocycles. The molecule has 0 bridgehead atoms. The highest BCUT2D eigenvalue weighted by Gasteiger charge is 2.31. The normalized spacial score (nSPS) is 17.6. The van der Waals surface area contributed by atoms with E-state index in [1.807, 2.05) is 22.7 Å². The highest BCUT2D eigenvalue weighted by molar-refractivity contribution is 7.98. The van der Waals surface area contributed by atoms with Gasteiger partial charge in [0.2, 0.25) is 0 Å². The summed E-state index contributed by atoms with van der Waals surface area (Å²) >= 11 is 5.35. The van der Waals surface area contributed by atoms with Crippen molar-refractivity contribution < 1.29 is 0 Å². The number of anilines is 1. The Kier molecular flexibility index (Phi) is 4.78. The Hall–Kier alpha value is -1.11. The molecule has 0 saturated heterocycles. The molecule has 0 aromatic carbocycles. The summed E-state index contributed by atoms with van der Waals surface area (Å²) in [4.78, 5) is 14.7. The molecule has 3 aromatic heterocycles. The molecule has 138 valence electrons. The van der Waals surface area contributed by atoms with Crippen molar-refractivity contribution in [1.29, 1.82) is 0 Å². The van der Waals surface area contributed by atoms with Crippen LogP contribution in [0.4, 0.5) is 5.82 Å². The van der Waals surface area contributed by atoms with Crippen LogP contribution in [0.15, 0.2) is 17.3 Å². The smallest absolute Gasteiger partial charge is 0.191 e. The molecule has 1 aliphatic carbocycles. The molecule has 1 unspecified atom stereocenters. The minimum absolute atomic E-state index is 0.352. The van der Waals surface area contributed by atoms with E-state index in [0.717, 1.165) is 39.9 Å². The van der Waals surface area contributed by atoms with Gasteiger partial charge in [0, 0.05) is 20.4 Å². The van der Waals surface area contributed by atoms with E-state index in [0.29, 0.717) is 11.2 Å². The highest BCUT2D eigenvalue weighted by atomic mass is 32.2. The van der Waals surface area contributed by atoms with Gasteiger partial charge < -0.3 is 5.73 Å². The minimum atomic E-state index is 0.352. The molecule has 0 radical (unpaired) electrons. The molecular formula is C20H25N3S3. The van der Waals surface area contributed by atoms with Crippen molar-refractivity contribution in [2.24, 2.45) is 11.3 Å². The molecule has 0 saturated carbocycles. The van der Waals surface area contributed by atoms with Crippen molar-refractivity contribution in [3.8, 4) is 0 Å². The molecule has 6 heteroatoms. The zero-order chi connectivity index (χ0) is 18.5. The Balaban J connectivity index is 1.62. The zero-order valence-electron chi connectivity index (χ0n) is 15.8. The average Bonchev–Trinajstić information content (AvgIpc) is 3.14. The van der Waals surface area contributed by atoms with Gasteiger partial charge in [0.1, 0.15) is 10.6 Å². The number of thioether (sulfide) groups is 1. The SMILES string of the molecule is Cc1ccc(CSc2nc(N)c3c4c(sc3n2)CC(C(C)(C)C)CC4)s1. The lowest BCUT2D eigenvalue weighted by Crippen LogP contribution is -2.26. The third kappa shape index (κ3) is 3.51. The summed E-state index contributed by atoms with van der Waals surface area (Å²) in [6, 6.07) is 4.35. The van der Waals surface area contributed by atoms with Gasteiger partial charge in [-0.05, 0) is 55.2 Å². The Bertz CT molecular complexity index is 949. The first kappa shape index (κ1) is 18.3. The molecule has 26 heavy (non-hydrogen) atoms. The van der Waals surface area contributed by atoms with Gasteiger partial charge in [-0.15, -0.1) is 22.7 Å². The van der Waals surface area contributed by atoms with Gasteiger partial charge in [-0.3, -0.25) is 0 Å². The van der Waals surface area contributed by atoms with Crippen molar-refractivity contribution in [2.75, 3.05) is 5.73 Å². The molecule has 3 aromatic rings. The van der Waals surface area contributed by atoms with Crippen LogP contribution in [0, 0.1) is 18.3 Å². The second-order valence-corrected chi connectivity index (χ2v) is 11.6. The van der Waals surface area contributed by atoms with Crippen LogP contribution in [0.25, 0.3) is 10.2 Å². The van der Waals surface area contributed by atoms with Gasteiger partial charge >= 0.3 is 0 Å². The summed E-state index contributed by atoms with van der Waals surface area (Å²) in [6.07, 6.45) is 3.48. The number of thiophene rings is 2. The number of fused-ring (bicyclic) bond motifs is 3. The summed E-state index contributed by atoms with van der Waals surface area (Å²) in [5.41, 5.74) is 8.13. The predicted molar refractivity (Wildman–Crippen MR) is 115 cm³/mol. The van der Waals surface area contributed by atoms with Crippen molar-refractivity contribution in [3.05, 3.63) is 32.3 Å². The number of nitrogens with zero attached hydrogens (tertiary/aromatic N) is 2. The van der Waals surface area contributed by atoms with Crippen LogP contribution in [0.1, 0.15) is 47.4 Å². The van der Waals surface area contributed by atoms with E-state index in [2.05, 4.69) is 44.8 Å². The zero-order valence-corrected chi connectivity index (χ0v) is 18.2. The lowest BCUT2D eigenvalue weighted by molar-refractivity contribution is 0.218. The van der Waals surface area contributed by atoms with E-state index < -0.39 is 0 Å². The Labute approximate surface area is 167 Å². The van der Waals surface area contributed by atoms with Gasteiger partial charge in [-0.1, -0.05) is 32.5 Å². The average molecular weight is 404 g/mol. The van der Waals surface area contributed by atoms with Crippen molar-refractivity contribution in [3.63, 3.8) is 0 Å². The number of nitrogen functional groups attached to an aromatic ring is 1. The molecule has 3 nitrogen and oxygen atoms in total. The molecule has 4 rings (SSSR count). The third-order valence-electron chi connectivity index (χ3n) is 5.28. The van der Waals surface area contributed by atoms with Gasteiger partial charge in [-0.2, -0.15) is 0 Å². The Morgan fingerprint density at radius 2 is 2.04 bits per heavy atom. The molecule has 2 N–H and O–H groups in total. The topological polar surface area (TPSA) is 51.8 Å². The van der Waals surface area contributed by atoms with Crippen molar-refractivity contribution >= 4 is 50.5 Å². The lowest BCUT2D eigenvalue weighted by atomic mass is 9.72. The summed E-state index contributed by atoms with van der Waals surface area (Å²) in [6.45, 7) is 9.20. The van der Waals surface area contributed by atoms with Crippen LogP contribution >= 0.6 is 34.4 Å². The fraction of sp³-hybridized carbons (Fsp3) is 0.500. The van der Waals surface area contributed by atoms with Crippen LogP contribution < -0.4 is 5.73 Å². The van der Waals surface area contributed by atoms with E-state index in [1.165, 1.54) is 26.6 Å². The van der Waals surface area contributed by atoms with Crippen LogP contribution in [0.2, 0.25) is 0 Å². The number of nitrogens with two attached hydrogens (primary N) is 1. The maximum atomic E-state index is 6.36. The second-order valence-electron chi connectivity index (χ2n) is 8.18. The highest BCUT2D eigenvalue weighted by Crippen LogP contribution is 2.44. The van der Waals surface area contributed by atoms with Gasteiger partial charge in [-0.25, -0.2) is 9.97 Å². The van der Waals surface area contributed by atoms with Gasteiger partial charge in [0.25, 0.3) is 0 Å². The predicted octanol–water partition coefficient (Wildman–Crippen LogP) is 6.09. The third-order valence-corrected chi connectivity index (χ3v) is 8.51. The van der Waals surface area contributed by atoms with Crippen LogP contribution in [0.5, 0.6) is 0 Å². The standard InChI is InChI=1S/C20H25N3S3/c1-11-5-7-13(25-11)10-24-19-22-17(21)16-14-8-6-12(20(2,3)4)9-15(14)26-18(16)23-19/h5,7,12H,6,8-10H2,1-4H3,(H2,21,22,23). The van der Waals surface area contributed by atoms with Gasteiger partial charge in [0.15, 0.2) is 5.16 Å². The fourth-order valence-electron chi connectivity index (χ4n) is 3.69. The molecule has 0 amide bonds. The number of hydrogen-bond acceptors (Lipinski definition) is 6. The summed E-state index contributed by atoms with van der Waals surface area (Å²) < 4.78 is 0. The molecule has 0 fully saturated rings. The molecule has 0 aliphatic heterocycles. The van der Waals surface area contributed by atoms with E-state index in [1.54, 1.807) is 11.8 Å². The molecule has 0 spiro atoms. The maximum absolute atomic E-state index is 6.36. The van der Waals surface area contributed by atoms with Crippen LogP contribution in [0.3, 0.4) is 0 Å². The number of aryl methyl sites for hydroxylation is 2. The first-order valence-electron chi connectivity index (χ1n) is 9.07. The van der Waals surface area contributed by atoms with E-state index >= 15 is 0 Å². The van der Waals surface area contributed by atoms with Crippen LogP contribution in [-0.4, -0.2) is 9.97 Å². The van der Waals surface area contributed by atoms with Crippen molar-refractivity contribution in [1.82, 2.24) is 9.97 Å². The van der Waals surface area contributed by atoms with Crippen molar-refractivity contribution in [2.45, 2.75) is 57.9 Å². The fourth-order valence-corrected chi connectivity index (χ4v) is 6.84. The minimum Gasteiger partial charge on any atom is -0.383 e. The Morgan fingerprint density at radius 3 is 2.73 bits per heavy atom. The first-order valence-corrected chi connectivity index (χ1v) is 11.7. The van der Waals surface area contributed by atoms with E-state index in [4.69, 9.17) is 10.7 Å². The molecule has 1 atom stereocenters. The number of aromatic nitrogens is 2. The largest absolute Gasteiger partial charge is 0.383 e. The summed E-state index contributed by atoms with van der Waals surface area (Å²) in [5.74, 6) is 2.29. The summed E-state index contributed by atoms with van der Waals surface area (Å²) in [5, 5.41) is 1.92. The maximum Gasteiger partial charge on any atom is 0.191 e. The molecule has 1 aliphatic rings. The van der Waals surface area contributed by atoms with E-state index in [9.17, 15) is 0 Å². The number of hydrogen-bond donors (Lipinski definition) is 1. The first-order chi connectivity index (χ1) is 12.3. The molecular weight excluding hydrogens is 378 g/mol. The van der Waals surface area contributed by atoms with Crippen LogP contribution in [-0.2, 0) is 18.6 Å². The van der Waals surface area contributed by atoms with Gasteiger partial charge in [0.05, 0.1) is 5.39 Å². The number of rotatable bonds is 3. The quantitative estimate of drug-likeness (QED) is 0.425. The monoisotopic (exact) mass is 403 g/mol.